The van der Waals surface area contributed by atoms with Gasteiger partial charge in [0.25, 0.3) is 0 Å². The highest BCUT2D eigenvalue weighted by Gasteiger charge is 2.33. The smallest absolute Gasteiger partial charge is 0.225 e. The van der Waals surface area contributed by atoms with E-state index in [2.05, 4.69) is 97.1 Å². The van der Waals surface area contributed by atoms with Gasteiger partial charge in [-0.25, -0.2) is 0 Å². The lowest BCUT2D eigenvalue weighted by Gasteiger charge is -2.19. The van der Waals surface area contributed by atoms with Crippen LogP contribution in [-0.4, -0.2) is 47.8 Å². The van der Waals surface area contributed by atoms with Gasteiger partial charge in [0.15, 0.2) is 0 Å². The van der Waals surface area contributed by atoms with E-state index in [0.29, 0.717) is 18.5 Å². The molecule has 0 bridgehead atoms. The third kappa shape index (κ3) is 6.94. The fraction of sp³-hybridized carbons (Fsp3) is 0.297. The summed E-state index contributed by atoms with van der Waals surface area (Å²) in [6.45, 7) is 2.03. The Balaban J connectivity index is 0.000000165. The highest BCUT2D eigenvalue weighted by Crippen LogP contribution is 2.27. The summed E-state index contributed by atoms with van der Waals surface area (Å²) in [5, 5.41) is 0. The van der Waals surface area contributed by atoms with Gasteiger partial charge in [0.1, 0.15) is 0 Å². The van der Waals surface area contributed by atoms with Crippen molar-refractivity contribution in [3.05, 3.63) is 120 Å². The molecular weight excluding hydrogens is 504 g/mol. The van der Waals surface area contributed by atoms with E-state index in [0.717, 1.165) is 25.7 Å². The first-order valence-corrected chi connectivity index (χ1v) is 14.7. The van der Waals surface area contributed by atoms with Crippen molar-refractivity contribution >= 4 is 11.8 Å². The van der Waals surface area contributed by atoms with Crippen molar-refractivity contribution < 1.29 is 9.59 Å². The van der Waals surface area contributed by atoms with Crippen molar-refractivity contribution in [3.8, 4) is 22.3 Å². The molecule has 1 unspecified atom stereocenters. The topological polar surface area (TPSA) is 40.6 Å². The number of hydrogen-bond donors (Lipinski definition) is 0. The maximum absolute atomic E-state index is 11.9. The monoisotopic (exact) mass is 544 g/mol. The Morgan fingerprint density at radius 1 is 0.585 bits per heavy atom. The highest BCUT2D eigenvalue weighted by molar-refractivity contribution is 5.81. The molecule has 2 aliphatic rings. The molecule has 0 N–H and O–H groups in total. The van der Waals surface area contributed by atoms with Crippen LogP contribution in [0.15, 0.2) is 109 Å². The third-order valence-electron chi connectivity index (χ3n) is 8.64. The second-order valence-corrected chi connectivity index (χ2v) is 11.5. The van der Waals surface area contributed by atoms with Crippen molar-refractivity contribution in [1.29, 1.82) is 0 Å². The molecular formula is C37H40N2O2. The number of amides is 2. The number of nitrogens with zero attached hydrogens (tertiary/aromatic N) is 2. The molecule has 0 saturated carbocycles. The zero-order valence-corrected chi connectivity index (χ0v) is 24.4. The lowest BCUT2D eigenvalue weighted by atomic mass is 9.98. The number of carbonyl (C=O) groups is 2. The molecule has 4 heteroatoms. The molecule has 2 amide bonds. The van der Waals surface area contributed by atoms with Crippen molar-refractivity contribution in [3.63, 3.8) is 0 Å². The van der Waals surface area contributed by atoms with Gasteiger partial charge in [0, 0.05) is 38.5 Å². The normalized spacial score (nSPS) is 20.2. The summed E-state index contributed by atoms with van der Waals surface area (Å²) in [5.74, 6) is 0.723. The molecule has 4 aromatic carbocycles. The average Bonchev–Trinajstić information content (AvgIpc) is 3.46. The van der Waals surface area contributed by atoms with Crippen molar-refractivity contribution in [2.75, 3.05) is 14.1 Å². The van der Waals surface area contributed by atoms with Gasteiger partial charge in [0.05, 0.1) is 0 Å². The summed E-state index contributed by atoms with van der Waals surface area (Å²) < 4.78 is 0. The number of rotatable bonds is 6. The maximum Gasteiger partial charge on any atom is 0.225 e. The Labute approximate surface area is 244 Å². The minimum atomic E-state index is 0.170. The van der Waals surface area contributed by atoms with E-state index in [1.165, 1.54) is 33.4 Å². The quantitative estimate of drug-likeness (QED) is 0.256. The van der Waals surface area contributed by atoms with Gasteiger partial charge in [-0.3, -0.25) is 9.59 Å². The molecule has 0 spiro atoms. The van der Waals surface area contributed by atoms with E-state index >= 15 is 0 Å². The number of likely N-dealkylation sites (N-methyl/N-ethyl adjacent to an activating group) is 2. The highest BCUT2D eigenvalue weighted by atomic mass is 16.2. The maximum atomic E-state index is 11.9. The van der Waals surface area contributed by atoms with Crippen molar-refractivity contribution in [1.82, 2.24) is 9.80 Å². The molecule has 3 atom stereocenters. The molecule has 2 saturated heterocycles. The Kier molecular flexibility index (Phi) is 8.98. The molecule has 0 aromatic heterocycles. The number of likely N-dealkylation sites (tertiary alicyclic amines) is 2. The van der Waals surface area contributed by atoms with Gasteiger partial charge >= 0.3 is 0 Å². The third-order valence-corrected chi connectivity index (χ3v) is 8.64. The minimum Gasteiger partial charge on any atom is -0.342 e. The number of hydrogen-bond acceptors (Lipinski definition) is 2. The van der Waals surface area contributed by atoms with Gasteiger partial charge in [0.2, 0.25) is 11.8 Å². The first-order valence-electron chi connectivity index (χ1n) is 14.7. The summed E-state index contributed by atoms with van der Waals surface area (Å²) in [6, 6.07) is 38.9. The van der Waals surface area contributed by atoms with Crippen molar-refractivity contribution in [2.45, 2.75) is 51.1 Å². The molecule has 41 heavy (non-hydrogen) atoms. The van der Waals surface area contributed by atoms with Crippen LogP contribution in [0, 0.1) is 5.92 Å². The molecule has 4 aromatic rings. The van der Waals surface area contributed by atoms with E-state index in [4.69, 9.17) is 0 Å². The lowest BCUT2D eigenvalue weighted by molar-refractivity contribution is -0.130. The average molecular weight is 545 g/mol. The van der Waals surface area contributed by atoms with Crippen LogP contribution in [0.25, 0.3) is 22.3 Å². The standard InChI is InChI=1S/C19H21NO.C18H19NO/c1-14-12-18(20(2)19(14)21)13-15-8-10-17(11-9-15)16-6-4-3-5-7-16;1-19-17(11-12-18(19)20)13-14-7-9-16(10-8-14)15-5-3-2-4-6-15/h3-11,14,18H,12-13H2,1-2H3;2-10,17H,11-13H2,1H3/t14?,18-;17-/m00/s1. The number of benzene rings is 4. The number of carbonyl (C=O) groups excluding carboxylic acids is 2. The van der Waals surface area contributed by atoms with Crippen LogP contribution in [0.1, 0.15) is 37.3 Å². The van der Waals surface area contributed by atoms with Gasteiger partial charge in [-0.2, -0.15) is 0 Å². The summed E-state index contributed by atoms with van der Waals surface area (Å²) in [6.07, 6.45) is 4.55. The molecule has 4 nitrogen and oxygen atoms in total. The van der Waals surface area contributed by atoms with Gasteiger partial charge in [-0.1, -0.05) is 116 Å². The Morgan fingerprint density at radius 2 is 1.02 bits per heavy atom. The molecule has 6 rings (SSSR count). The molecule has 2 heterocycles. The SMILES string of the molecule is CC1C[C@@H](Cc2ccc(-c3ccccc3)cc2)N(C)C1=O.CN1C(=O)CC[C@H]1Cc1ccc(-c2ccccc2)cc1. The minimum absolute atomic E-state index is 0.170. The molecule has 0 radical (unpaired) electrons. The van der Waals surface area contributed by atoms with Gasteiger partial charge < -0.3 is 9.80 Å². The van der Waals surface area contributed by atoms with Gasteiger partial charge in [-0.05, 0) is 59.1 Å². The predicted molar refractivity (Wildman–Crippen MR) is 167 cm³/mol. The lowest BCUT2D eigenvalue weighted by Crippen LogP contribution is -2.30. The molecule has 0 aliphatic carbocycles. The summed E-state index contributed by atoms with van der Waals surface area (Å²) >= 11 is 0. The predicted octanol–water partition coefficient (Wildman–Crippen LogP) is 7.28. The molecule has 2 fully saturated rings. The summed E-state index contributed by atoms with van der Waals surface area (Å²) in [4.78, 5) is 27.2. The zero-order chi connectivity index (χ0) is 28.8. The Morgan fingerprint density at radius 3 is 1.41 bits per heavy atom. The molecule has 210 valence electrons. The van der Waals surface area contributed by atoms with E-state index in [1.807, 2.05) is 43.0 Å². The van der Waals surface area contributed by atoms with E-state index in [1.54, 1.807) is 0 Å². The van der Waals surface area contributed by atoms with Crippen LogP contribution in [0.4, 0.5) is 0 Å². The second kappa shape index (κ2) is 13.0. The van der Waals surface area contributed by atoms with Crippen LogP contribution in [0.2, 0.25) is 0 Å². The zero-order valence-electron chi connectivity index (χ0n) is 24.4. The van der Waals surface area contributed by atoms with E-state index in [9.17, 15) is 9.59 Å². The Bertz CT molecular complexity index is 1430. The van der Waals surface area contributed by atoms with E-state index in [-0.39, 0.29) is 17.7 Å². The second-order valence-electron chi connectivity index (χ2n) is 11.5. The van der Waals surface area contributed by atoms with Gasteiger partial charge in [-0.15, -0.1) is 0 Å². The summed E-state index contributed by atoms with van der Waals surface area (Å²) in [7, 11) is 3.84. The van der Waals surface area contributed by atoms with Crippen LogP contribution >= 0.6 is 0 Å². The van der Waals surface area contributed by atoms with Crippen LogP contribution in [-0.2, 0) is 22.4 Å². The fourth-order valence-electron chi connectivity index (χ4n) is 5.99. The summed E-state index contributed by atoms with van der Waals surface area (Å²) in [5.41, 5.74) is 7.57. The first kappa shape index (κ1) is 28.4. The molecule has 2 aliphatic heterocycles. The van der Waals surface area contributed by atoms with E-state index < -0.39 is 0 Å². The Hall–Kier alpha value is -4.18. The van der Waals surface area contributed by atoms with Crippen molar-refractivity contribution in [2.24, 2.45) is 5.92 Å². The largest absolute Gasteiger partial charge is 0.342 e. The fourth-order valence-corrected chi connectivity index (χ4v) is 5.99. The van der Waals surface area contributed by atoms with Crippen LogP contribution < -0.4 is 0 Å². The van der Waals surface area contributed by atoms with Crippen LogP contribution in [0.5, 0.6) is 0 Å². The van der Waals surface area contributed by atoms with Crippen LogP contribution in [0.3, 0.4) is 0 Å². The first-order chi connectivity index (χ1) is 19.9.